The summed E-state index contributed by atoms with van der Waals surface area (Å²) in [5.74, 6) is 0.508. The van der Waals surface area contributed by atoms with E-state index in [4.69, 9.17) is 26.5 Å². The maximum atomic E-state index is 13.5. The van der Waals surface area contributed by atoms with Crippen molar-refractivity contribution < 1.29 is 17.9 Å². The summed E-state index contributed by atoms with van der Waals surface area (Å²) < 4.78 is 29.2. The molecule has 11 heteroatoms. The highest BCUT2D eigenvalue weighted by molar-refractivity contribution is 7.89. The third-order valence-electron chi connectivity index (χ3n) is 6.17. The molecule has 2 N–H and O–H groups in total. The van der Waals surface area contributed by atoms with Gasteiger partial charge in [0.2, 0.25) is 10.0 Å². The molecule has 2 aliphatic rings. The van der Waals surface area contributed by atoms with E-state index in [9.17, 15) is 13.2 Å². The monoisotopic (exact) mass is 532 g/mol. The molecule has 1 fully saturated rings. The molecule has 1 saturated heterocycles. The minimum absolute atomic E-state index is 0.0261. The molecule has 2 unspecified atom stereocenters. The molecule has 0 saturated carbocycles. The van der Waals surface area contributed by atoms with Gasteiger partial charge in [0, 0.05) is 30.3 Å². The normalized spacial score (nSPS) is 20.2. The number of fused-ring (bicyclic) bond motifs is 1. The number of ether oxygens (including phenoxy) is 1. The van der Waals surface area contributed by atoms with E-state index < -0.39 is 10.0 Å². The number of primary sulfonamides is 1. The number of morpholine rings is 1. The predicted molar refractivity (Wildman–Crippen MR) is 137 cm³/mol. The van der Waals surface area contributed by atoms with Crippen LogP contribution in [-0.2, 0) is 21.2 Å². The number of hydrogen-bond donors (Lipinski definition) is 1. The molecule has 2 aliphatic heterocycles. The third kappa shape index (κ3) is 4.68. The van der Waals surface area contributed by atoms with E-state index in [0.717, 1.165) is 28.1 Å². The molecule has 35 heavy (non-hydrogen) atoms. The van der Waals surface area contributed by atoms with Crippen LogP contribution >= 0.6 is 22.9 Å². The zero-order chi connectivity index (χ0) is 24.9. The number of nitrogens with zero attached hydrogens (tertiary/aromatic N) is 3. The number of amides is 1. The molecule has 1 amide bonds. The summed E-state index contributed by atoms with van der Waals surface area (Å²) in [4.78, 5) is 22.9. The number of nitrogens with two attached hydrogens (primary N) is 1. The molecule has 1 aromatic heterocycles. The van der Waals surface area contributed by atoms with E-state index in [1.54, 1.807) is 17.0 Å². The molecular formula is C24H25ClN4O4S2. The zero-order valence-electron chi connectivity index (χ0n) is 19.3. The number of hydrogen-bond acceptors (Lipinski definition) is 7. The fourth-order valence-corrected chi connectivity index (χ4v) is 6.48. The summed E-state index contributed by atoms with van der Waals surface area (Å²) in [6.45, 7) is 5.57. The smallest absolute Gasteiger partial charge is 0.283 e. The average Bonchev–Trinajstić information content (AvgIpc) is 3.42. The van der Waals surface area contributed by atoms with Crippen LogP contribution in [0.2, 0.25) is 5.02 Å². The van der Waals surface area contributed by atoms with Gasteiger partial charge >= 0.3 is 0 Å². The Labute approximate surface area is 213 Å². The summed E-state index contributed by atoms with van der Waals surface area (Å²) in [5.41, 5.74) is 2.75. The Bertz CT molecular complexity index is 1380. The van der Waals surface area contributed by atoms with Crippen molar-refractivity contribution in [2.75, 3.05) is 24.5 Å². The number of thiazole rings is 1. The minimum atomic E-state index is -3.82. The second-order valence-electron chi connectivity index (χ2n) is 8.85. The van der Waals surface area contributed by atoms with Crippen molar-refractivity contribution in [2.45, 2.75) is 37.4 Å². The molecule has 5 rings (SSSR count). The van der Waals surface area contributed by atoms with E-state index in [1.165, 1.54) is 23.5 Å². The highest BCUT2D eigenvalue weighted by Crippen LogP contribution is 2.44. The molecule has 0 spiro atoms. The Morgan fingerprint density at radius 3 is 2.49 bits per heavy atom. The van der Waals surface area contributed by atoms with E-state index >= 15 is 0 Å². The largest absolute Gasteiger partial charge is 0.372 e. The van der Waals surface area contributed by atoms with E-state index in [-0.39, 0.29) is 23.0 Å². The highest BCUT2D eigenvalue weighted by Gasteiger charge is 2.32. The Hall–Kier alpha value is -2.50. The number of carbonyl (C=O) groups is 1. The lowest BCUT2D eigenvalue weighted by Crippen LogP contribution is -2.48. The van der Waals surface area contributed by atoms with Gasteiger partial charge in [-0.1, -0.05) is 29.8 Å². The van der Waals surface area contributed by atoms with Crippen LogP contribution in [0.4, 0.5) is 11.5 Å². The molecular weight excluding hydrogens is 508 g/mol. The molecule has 0 radical (unpaired) electrons. The first-order valence-corrected chi connectivity index (χ1v) is 14.0. The van der Waals surface area contributed by atoms with Crippen molar-refractivity contribution in [3.63, 3.8) is 0 Å². The predicted octanol–water partition coefficient (Wildman–Crippen LogP) is 4.05. The van der Waals surface area contributed by atoms with Crippen LogP contribution in [0.5, 0.6) is 0 Å². The van der Waals surface area contributed by atoms with Gasteiger partial charge in [-0.3, -0.25) is 4.79 Å². The second kappa shape index (κ2) is 9.18. The molecule has 3 aromatic rings. The Kier molecular flexibility index (Phi) is 6.35. The average molecular weight is 533 g/mol. The lowest BCUT2D eigenvalue weighted by atomic mass is 10.1. The summed E-state index contributed by atoms with van der Waals surface area (Å²) in [5, 5.41) is 6.35. The lowest BCUT2D eigenvalue weighted by Gasteiger charge is -2.34. The van der Waals surface area contributed by atoms with Gasteiger partial charge < -0.3 is 14.5 Å². The molecule has 2 aromatic carbocycles. The van der Waals surface area contributed by atoms with Gasteiger partial charge in [-0.2, -0.15) is 0 Å². The van der Waals surface area contributed by atoms with Crippen LogP contribution in [-0.4, -0.2) is 56.1 Å². The van der Waals surface area contributed by atoms with Crippen LogP contribution < -0.4 is 10.0 Å². The SMILES string of the molecule is CC1CN(C(=O)c2nc(N3CCc4c(Cl)cccc43)c(-c3ccc(S(N)(=O)=O)cc3)s2)CC(C)O1. The van der Waals surface area contributed by atoms with Gasteiger partial charge in [0.1, 0.15) is 0 Å². The Morgan fingerprint density at radius 2 is 1.83 bits per heavy atom. The third-order valence-corrected chi connectivity index (χ3v) is 8.54. The van der Waals surface area contributed by atoms with Crippen molar-refractivity contribution in [3.05, 3.63) is 58.1 Å². The summed E-state index contributed by atoms with van der Waals surface area (Å²) >= 11 is 7.74. The number of carbonyl (C=O) groups excluding carboxylic acids is 1. The second-order valence-corrected chi connectivity index (χ2v) is 11.8. The number of benzene rings is 2. The van der Waals surface area contributed by atoms with Crippen LogP contribution in [0, 0.1) is 0 Å². The van der Waals surface area contributed by atoms with Crippen molar-refractivity contribution in [3.8, 4) is 10.4 Å². The van der Waals surface area contributed by atoms with Crippen LogP contribution in [0.3, 0.4) is 0 Å². The summed E-state index contributed by atoms with van der Waals surface area (Å²) in [6, 6.07) is 12.1. The Morgan fingerprint density at radius 1 is 1.14 bits per heavy atom. The fourth-order valence-electron chi connectivity index (χ4n) is 4.66. The zero-order valence-corrected chi connectivity index (χ0v) is 21.7. The maximum Gasteiger partial charge on any atom is 0.283 e. The van der Waals surface area contributed by atoms with Crippen molar-refractivity contribution in [2.24, 2.45) is 5.14 Å². The number of halogens is 1. The number of anilines is 2. The number of sulfonamides is 1. The van der Waals surface area contributed by atoms with E-state index in [0.29, 0.717) is 35.5 Å². The summed E-state index contributed by atoms with van der Waals surface area (Å²) in [7, 11) is -3.82. The first kappa shape index (κ1) is 24.2. The first-order chi connectivity index (χ1) is 16.6. The van der Waals surface area contributed by atoms with Gasteiger partial charge in [-0.05, 0) is 55.7 Å². The van der Waals surface area contributed by atoms with Gasteiger partial charge in [-0.15, -0.1) is 11.3 Å². The first-order valence-electron chi connectivity index (χ1n) is 11.3. The van der Waals surface area contributed by atoms with Gasteiger partial charge in [-0.25, -0.2) is 18.5 Å². The van der Waals surface area contributed by atoms with Crippen molar-refractivity contribution in [1.82, 2.24) is 9.88 Å². The standard InChI is InChI=1S/C24H25ClN4O4S2/c1-14-12-28(13-15(2)33-14)24(30)23-27-22(29-11-10-18-19(25)4-3-5-20(18)29)21(34-23)16-6-8-17(9-7-16)35(26,31)32/h3-9,14-15H,10-13H2,1-2H3,(H2,26,31,32). The summed E-state index contributed by atoms with van der Waals surface area (Å²) in [6.07, 6.45) is 0.651. The van der Waals surface area contributed by atoms with Crippen LogP contribution in [0.15, 0.2) is 47.4 Å². The molecule has 0 aliphatic carbocycles. The molecule has 184 valence electrons. The molecule has 2 atom stereocenters. The number of aromatic nitrogens is 1. The van der Waals surface area contributed by atoms with E-state index in [2.05, 4.69) is 4.90 Å². The topological polar surface area (TPSA) is 106 Å². The fraction of sp³-hybridized carbons (Fsp3) is 0.333. The van der Waals surface area contributed by atoms with Crippen molar-refractivity contribution >= 4 is 50.4 Å². The van der Waals surface area contributed by atoms with Gasteiger partial charge in [0.05, 0.1) is 22.0 Å². The maximum absolute atomic E-state index is 13.5. The Balaban J connectivity index is 1.58. The quantitative estimate of drug-likeness (QED) is 0.543. The minimum Gasteiger partial charge on any atom is -0.372 e. The highest BCUT2D eigenvalue weighted by atomic mass is 35.5. The van der Waals surface area contributed by atoms with Gasteiger partial charge in [0.15, 0.2) is 10.8 Å². The molecule has 3 heterocycles. The molecule has 0 bridgehead atoms. The van der Waals surface area contributed by atoms with Crippen molar-refractivity contribution in [1.29, 1.82) is 0 Å². The van der Waals surface area contributed by atoms with Crippen LogP contribution in [0.25, 0.3) is 10.4 Å². The van der Waals surface area contributed by atoms with Gasteiger partial charge in [0.25, 0.3) is 5.91 Å². The lowest BCUT2D eigenvalue weighted by molar-refractivity contribution is -0.0586. The van der Waals surface area contributed by atoms with E-state index in [1.807, 2.05) is 32.0 Å². The number of rotatable bonds is 4. The van der Waals surface area contributed by atoms with Crippen LogP contribution in [0.1, 0.15) is 29.2 Å². The molecule has 8 nitrogen and oxygen atoms in total.